The van der Waals surface area contributed by atoms with Gasteiger partial charge in [0.2, 0.25) is 0 Å². The molecule has 0 aliphatic heterocycles. The number of halogens is 1. The van der Waals surface area contributed by atoms with Crippen LogP contribution in [-0.2, 0) is 15.6 Å². The summed E-state index contributed by atoms with van der Waals surface area (Å²) in [6.07, 6.45) is 1.95. The lowest BCUT2D eigenvalue weighted by Crippen LogP contribution is -2.07. The summed E-state index contributed by atoms with van der Waals surface area (Å²) in [5.74, 6) is -1.58. The van der Waals surface area contributed by atoms with Crippen molar-refractivity contribution in [2.24, 2.45) is 5.16 Å². The fraction of sp³-hybridized carbons (Fsp3) is 0.200. The summed E-state index contributed by atoms with van der Waals surface area (Å²) in [5.41, 5.74) is 0.151. The highest BCUT2D eigenvalue weighted by molar-refractivity contribution is 7.89. The lowest BCUT2D eigenvalue weighted by molar-refractivity contribution is 0.0697. The van der Waals surface area contributed by atoms with Gasteiger partial charge in [-0.1, -0.05) is 22.8 Å². The summed E-state index contributed by atoms with van der Waals surface area (Å²) < 4.78 is 22.4. The van der Waals surface area contributed by atoms with Crippen LogP contribution in [0, 0.1) is 0 Å². The highest BCUT2D eigenvalue weighted by Gasteiger charge is 2.17. The van der Waals surface area contributed by atoms with E-state index in [2.05, 4.69) is 5.16 Å². The van der Waals surface area contributed by atoms with Gasteiger partial charge in [0, 0.05) is 11.8 Å². The molecular weight excluding hydrogens is 282 g/mol. The summed E-state index contributed by atoms with van der Waals surface area (Å²) in [4.78, 5) is 10.9. The van der Waals surface area contributed by atoms with Gasteiger partial charge in [-0.2, -0.15) is 0 Å². The molecule has 6 nitrogen and oxygen atoms in total. The van der Waals surface area contributed by atoms with Crippen molar-refractivity contribution in [3.63, 3.8) is 0 Å². The largest absolute Gasteiger partial charge is 0.478 e. The van der Waals surface area contributed by atoms with Crippen molar-refractivity contribution in [3.8, 4) is 0 Å². The second kappa shape index (κ2) is 5.36. The molecule has 0 amide bonds. The van der Waals surface area contributed by atoms with Gasteiger partial charge in [0.15, 0.2) is 9.84 Å². The van der Waals surface area contributed by atoms with Gasteiger partial charge in [0.05, 0.1) is 22.6 Å². The van der Waals surface area contributed by atoms with Crippen LogP contribution in [0.15, 0.2) is 17.3 Å². The van der Waals surface area contributed by atoms with E-state index in [1.165, 1.54) is 12.1 Å². The summed E-state index contributed by atoms with van der Waals surface area (Å²) >= 11 is 5.84. The van der Waals surface area contributed by atoms with Gasteiger partial charge in [-0.15, -0.1) is 0 Å². The van der Waals surface area contributed by atoms with Gasteiger partial charge in [0.25, 0.3) is 0 Å². The molecule has 1 rings (SSSR count). The van der Waals surface area contributed by atoms with Crippen molar-refractivity contribution in [1.82, 2.24) is 0 Å². The summed E-state index contributed by atoms with van der Waals surface area (Å²) in [6, 6.07) is 2.54. The number of hydrogen-bond acceptors (Lipinski definition) is 5. The molecular formula is C10H10ClNO5S. The highest BCUT2D eigenvalue weighted by atomic mass is 35.5. The smallest absolute Gasteiger partial charge is 0.337 e. The first-order valence-corrected chi connectivity index (χ1v) is 7.10. The average Bonchev–Trinajstić information content (AvgIpc) is 2.21. The molecule has 0 atom stereocenters. The Hall–Kier alpha value is -1.60. The minimum Gasteiger partial charge on any atom is -0.478 e. The monoisotopic (exact) mass is 291 g/mol. The maximum Gasteiger partial charge on any atom is 0.337 e. The zero-order chi connectivity index (χ0) is 13.9. The van der Waals surface area contributed by atoms with Crippen LogP contribution in [0.5, 0.6) is 0 Å². The van der Waals surface area contributed by atoms with Gasteiger partial charge < -0.3 is 10.3 Å². The number of carbonyl (C=O) groups is 1. The Labute approximate surface area is 108 Å². The Morgan fingerprint density at radius 3 is 2.56 bits per heavy atom. The molecule has 8 heteroatoms. The molecule has 0 aliphatic rings. The molecule has 0 radical (unpaired) electrons. The van der Waals surface area contributed by atoms with Crippen molar-refractivity contribution in [1.29, 1.82) is 0 Å². The molecule has 18 heavy (non-hydrogen) atoms. The number of carboxylic acids is 1. The molecule has 0 bridgehead atoms. The minimum absolute atomic E-state index is 0.0736. The first-order chi connectivity index (χ1) is 8.26. The van der Waals surface area contributed by atoms with Gasteiger partial charge in [-0.05, 0) is 11.6 Å². The number of rotatable bonds is 4. The standard InChI is InChI=1S/C10H10ClNO5S/c1-18(16,17)5-6-2-3-7(10(13)14)9(11)8(6)4-12-15/h2-4,15H,5H2,1H3,(H,13,14). The second-order valence-electron chi connectivity index (χ2n) is 3.62. The molecule has 0 saturated carbocycles. The third-order valence-electron chi connectivity index (χ3n) is 2.11. The number of carboxylic acid groups (broad SMARTS) is 1. The van der Waals surface area contributed by atoms with E-state index >= 15 is 0 Å². The lowest BCUT2D eigenvalue weighted by atomic mass is 10.1. The molecule has 0 aromatic heterocycles. The zero-order valence-corrected chi connectivity index (χ0v) is 10.9. The van der Waals surface area contributed by atoms with Crippen LogP contribution in [0.25, 0.3) is 0 Å². The number of hydrogen-bond donors (Lipinski definition) is 2. The molecule has 0 fully saturated rings. The number of sulfone groups is 1. The van der Waals surface area contributed by atoms with Crippen LogP contribution < -0.4 is 0 Å². The number of benzene rings is 1. The van der Waals surface area contributed by atoms with Crippen LogP contribution in [0.1, 0.15) is 21.5 Å². The van der Waals surface area contributed by atoms with Crippen LogP contribution in [0.2, 0.25) is 5.02 Å². The molecule has 0 unspecified atom stereocenters. The Bertz CT molecular complexity index is 609. The summed E-state index contributed by atoms with van der Waals surface area (Å²) in [6.45, 7) is 0. The van der Waals surface area contributed by atoms with E-state index in [0.29, 0.717) is 0 Å². The Morgan fingerprint density at radius 2 is 2.11 bits per heavy atom. The predicted molar refractivity (Wildman–Crippen MR) is 66.3 cm³/mol. The van der Waals surface area contributed by atoms with Crippen LogP contribution in [0.4, 0.5) is 0 Å². The topological polar surface area (TPSA) is 104 Å². The van der Waals surface area contributed by atoms with E-state index in [9.17, 15) is 13.2 Å². The van der Waals surface area contributed by atoms with Crippen LogP contribution in [-0.4, -0.2) is 37.2 Å². The first kappa shape index (κ1) is 14.5. The number of oxime groups is 1. The SMILES string of the molecule is CS(=O)(=O)Cc1ccc(C(=O)O)c(Cl)c1C=NO. The molecule has 0 aliphatic carbocycles. The highest BCUT2D eigenvalue weighted by Crippen LogP contribution is 2.25. The van der Waals surface area contributed by atoms with E-state index in [0.717, 1.165) is 12.5 Å². The molecule has 98 valence electrons. The summed E-state index contributed by atoms with van der Waals surface area (Å²) in [7, 11) is -3.32. The fourth-order valence-corrected chi connectivity index (χ4v) is 2.53. The normalized spacial score (nSPS) is 11.9. The van der Waals surface area contributed by atoms with Gasteiger partial charge in [-0.3, -0.25) is 0 Å². The molecule has 1 aromatic carbocycles. The van der Waals surface area contributed by atoms with Crippen molar-refractivity contribution in [3.05, 3.63) is 33.8 Å². The van der Waals surface area contributed by atoms with E-state index < -0.39 is 15.8 Å². The first-order valence-electron chi connectivity index (χ1n) is 4.66. The molecule has 1 aromatic rings. The number of nitrogens with zero attached hydrogens (tertiary/aromatic N) is 1. The van der Waals surface area contributed by atoms with Crippen molar-refractivity contribution >= 4 is 33.6 Å². The van der Waals surface area contributed by atoms with Gasteiger partial charge >= 0.3 is 5.97 Å². The van der Waals surface area contributed by atoms with Gasteiger partial charge in [-0.25, -0.2) is 13.2 Å². The summed E-state index contributed by atoms with van der Waals surface area (Å²) in [5, 5.41) is 20.0. The zero-order valence-electron chi connectivity index (χ0n) is 9.29. The Balaban J connectivity index is 3.46. The third kappa shape index (κ3) is 3.44. The molecule has 0 heterocycles. The van der Waals surface area contributed by atoms with E-state index in [1.807, 2.05) is 0 Å². The molecule has 0 spiro atoms. The average molecular weight is 292 g/mol. The molecule has 0 saturated heterocycles. The van der Waals surface area contributed by atoms with Crippen molar-refractivity contribution in [2.45, 2.75) is 5.75 Å². The van der Waals surface area contributed by atoms with Crippen molar-refractivity contribution in [2.75, 3.05) is 6.26 Å². The third-order valence-corrected chi connectivity index (χ3v) is 3.35. The van der Waals surface area contributed by atoms with Gasteiger partial charge in [0.1, 0.15) is 0 Å². The lowest BCUT2D eigenvalue weighted by Gasteiger charge is -2.08. The quantitative estimate of drug-likeness (QED) is 0.495. The number of aromatic carboxylic acids is 1. The molecule has 2 N–H and O–H groups in total. The van der Waals surface area contributed by atoms with Crippen molar-refractivity contribution < 1.29 is 23.5 Å². The maximum atomic E-state index is 11.2. The Morgan fingerprint density at radius 1 is 1.50 bits per heavy atom. The predicted octanol–water partition coefficient (Wildman–Crippen LogP) is 1.39. The van der Waals surface area contributed by atoms with Crippen LogP contribution in [0.3, 0.4) is 0 Å². The van der Waals surface area contributed by atoms with E-state index in [1.54, 1.807) is 0 Å². The maximum absolute atomic E-state index is 11.2. The van der Waals surface area contributed by atoms with E-state index in [-0.39, 0.29) is 27.5 Å². The fourth-order valence-electron chi connectivity index (χ4n) is 1.40. The van der Waals surface area contributed by atoms with E-state index in [4.69, 9.17) is 21.9 Å². The minimum atomic E-state index is -3.32. The second-order valence-corrected chi connectivity index (χ2v) is 6.14. The Kier molecular flexibility index (Phi) is 4.31. The van der Waals surface area contributed by atoms with Crippen LogP contribution >= 0.6 is 11.6 Å².